The van der Waals surface area contributed by atoms with Crippen molar-refractivity contribution in [2.75, 3.05) is 18.0 Å². The highest BCUT2D eigenvalue weighted by molar-refractivity contribution is 6.07. The number of nitrogens with zero attached hydrogens (tertiary/aromatic N) is 2. The van der Waals surface area contributed by atoms with Gasteiger partial charge in [0, 0.05) is 12.2 Å². The summed E-state index contributed by atoms with van der Waals surface area (Å²) >= 11 is 0. The monoisotopic (exact) mass is 384 g/mol. The number of benzene rings is 1. The second kappa shape index (κ2) is 7.37. The zero-order valence-corrected chi connectivity index (χ0v) is 15.9. The van der Waals surface area contributed by atoms with Crippen molar-refractivity contribution in [3.8, 4) is 0 Å². The normalized spacial score (nSPS) is 24.8. The fourth-order valence-corrected chi connectivity index (χ4v) is 4.59. The van der Waals surface area contributed by atoms with Gasteiger partial charge in [-0.3, -0.25) is 24.1 Å². The number of carbonyl (C=O) groups excluding carboxylic acids is 4. The molecule has 1 aromatic carbocycles. The van der Waals surface area contributed by atoms with Crippen LogP contribution in [0.1, 0.15) is 38.2 Å². The number of ether oxygens (including phenoxy) is 1. The number of para-hydroxylation sites is 1. The first-order valence-corrected chi connectivity index (χ1v) is 9.91. The van der Waals surface area contributed by atoms with Gasteiger partial charge in [0.15, 0.2) is 6.10 Å². The molecule has 1 aliphatic carbocycles. The average molecular weight is 384 g/mol. The second-order valence-corrected chi connectivity index (χ2v) is 7.76. The topological polar surface area (TPSA) is 84.0 Å². The zero-order chi connectivity index (χ0) is 19.8. The summed E-state index contributed by atoms with van der Waals surface area (Å²) in [7, 11) is 0. The Labute approximate surface area is 163 Å². The van der Waals surface area contributed by atoms with Crippen LogP contribution in [0.2, 0.25) is 0 Å². The Balaban J connectivity index is 1.37. The lowest BCUT2D eigenvalue weighted by atomic mass is 9.81. The van der Waals surface area contributed by atoms with Crippen LogP contribution in [-0.4, -0.2) is 47.8 Å². The summed E-state index contributed by atoms with van der Waals surface area (Å²) < 4.78 is 5.28. The SMILES string of the molecule is CC(OC(=O)CN1C(=O)C2CCCCC2C1=O)C(=O)N1CCc2ccccc21. The van der Waals surface area contributed by atoms with Gasteiger partial charge in [-0.05, 0) is 37.8 Å². The summed E-state index contributed by atoms with van der Waals surface area (Å²) in [5.74, 6) is -2.18. The van der Waals surface area contributed by atoms with E-state index in [1.54, 1.807) is 4.90 Å². The number of carbonyl (C=O) groups is 4. The average Bonchev–Trinajstić information content (AvgIpc) is 3.23. The lowest BCUT2D eigenvalue weighted by Gasteiger charge is -2.22. The molecule has 0 aromatic heterocycles. The first kappa shape index (κ1) is 18.7. The molecule has 0 spiro atoms. The lowest BCUT2D eigenvalue weighted by Crippen LogP contribution is -2.42. The third-order valence-corrected chi connectivity index (χ3v) is 6.03. The lowest BCUT2D eigenvalue weighted by molar-refractivity contribution is -0.158. The van der Waals surface area contributed by atoms with Crippen molar-refractivity contribution < 1.29 is 23.9 Å². The maximum absolute atomic E-state index is 12.7. The molecule has 28 heavy (non-hydrogen) atoms. The van der Waals surface area contributed by atoms with Crippen LogP contribution >= 0.6 is 0 Å². The number of imide groups is 1. The van der Waals surface area contributed by atoms with Crippen molar-refractivity contribution >= 4 is 29.4 Å². The molecule has 3 unspecified atom stereocenters. The van der Waals surface area contributed by atoms with Crippen molar-refractivity contribution in [3.63, 3.8) is 0 Å². The van der Waals surface area contributed by atoms with Crippen molar-refractivity contribution in [2.45, 2.75) is 45.1 Å². The van der Waals surface area contributed by atoms with E-state index in [1.165, 1.54) is 6.92 Å². The number of esters is 1. The van der Waals surface area contributed by atoms with Crippen molar-refractivity contribution in [2.24, 2.45) is 11.8 Å². The molecular weight excluding hydrogens is 360 g/mol. The van der Waals surface area contributed by atoms with Crippen LogP contribution in [0.3, 0.4) is 0 Å². The van der Waals surface area contributed by atoms with Crippen LogP contribution in [0.15, 0.2) is 24.3 Å². The Hall–Kier alpha value is -2.70. The molecule has 1 saturated heterocycles. The van der Waals surface area contributed by atoms with Crippen molar-refractivity contribution in [1.29, 1.82) is 0 Å². The molecule has 148 valence electrons. The molecule has 3 amide bonds. The number of hydrogen-bond donors (Lipinski definition) is 0. The van der Waals surface area contributed by atoms with Gasteiger partial charge in [0.05, 0.1) is 11.8 Å². The quantitative estimate of drug-likeness (QED) is 0.583. The van der Waals surface area contributed by atoms with Gasteiger partial charge < -0.3 is 9.64 Å². The standard InChI is InChI=1S/C21H24N2O5/c1-13(19(25)22-11-10-14-6-2-5-9-17(14)22)28-18(24)12-23-20(26)15-7-3-4-8-16(15)21(23)27/h2,5-6,9,13,15-16H,3-4,7-8,10-12H2,1H3. The number of anilines is 1. The second-order valence-electron chi connectivity index (χ2n) is 7.76. The molecule has 1 saturated carbocycles. The molecule has 3 aliphatic rings. The molecule has 4 rings (SSSR count). The molecule has 7 nitrogen and oxygen atoms in total. The van der Waals surface area contributed by atoms with Crippen molar-refractivity contribution in [1.82, 2.24) is 4.90 Å². The Morgan fingerprint density at radius 3 is 2.43 bits per heavy atom. The fraction of sp³-hybridized carbons (Fsp3) is 0.524. The van der Waals surface area contributed by atoms with E-state index in [4.69, 9.17) is 4.74 Å². The van der Waals surface area contributed by atoms with Crippen LogP contribution in [0.25, 0.3) is 0 Å². The summed E-state index contributed by atoms with van der Waals surface area (Å²) in [6.07, 6.45) is 3.05. The summed E-state index contributed by atoms with van der Waals surface area (Å²) in [4.78, 5) is 52.6. The maximum Gasteiger partial charge on any atom is 0.326 e. The van der Waals surface area contributed by atoms with E-state index in [-0.39, 0.29) is 29.6 Å². The van der Waals surface area contributed by atoms with E-state index >= 15 is 0 Å². The molecule has 7 heteroatoms. The summed E-state index contributed by atoms with van der Waals surface area (Å²) in [6, 6.07) is 7.64. The van der Waals surface area contributed by atoms with E-state index in [1.807, 2.05) is 24.3 Å². The molecule has 2 aliphatic heterocycles. The third-order valence-electron chi connectivity index (χ3n) is 6.03. The minimum atomic E-state index is -0.978. The largest absolute Gasteiger partial charge is 0.451 e. The van der Waals surface area contributed by atoms with Crippen molar-refractivity contribution in [3.05, 3.63) is 29.8 Å². The fourth-order valence-electron chi connectivity index (χ4n) is 4.59. The number of amides is 3. The van der Waals surface area contributed by atoms with E-state index in [9.17, 15) is 19.2 Å². The molecule has 0 radical (unpaired) electrons. The first-order valence-electron chi connectivity index (χ1n) is 9.91. The Morgan fingerprint density at radius 2 is 1.75 bits per heavy atom. The van der Waals surface area contributed by atoms with E-state index in [0.29, 0.717) is 19.4 Å². The summed E-state index contributed by atoms with van der Waals surface area (Å²) in [5, 5.41) is 0. The molecule has 2 heterocycles. The molecule has 0 bridgehead atoms. The summed E-state index contributed by atoms with van der Waals surface area (Å²) in [5.41, 5.74) is 1.93. The highest BCUT2D eigenvalue weighted by Crippen LogP contribution is 2.38. The van der Waals surface area contributed by atoms with Gasteiger partial charge in [0.1, 0.15) is 6.54 Å². The predicted octanol–water partition coefficient (Wildman–Crippen LogP) is 1.68. The first-order chi connectivity index (χ1) is 13.5. The van der Waals surface area contributed by atoms with Crippen LogP contribution in [0.4, 0.5) is 5.69 Å². The van der Waals surface area contributed by atoms with Gasteiger partial charge >= 0.3 is 5.97 Å². The Morgan fingerprint density at radius 1 is 1.11 bits per heavy atom. The summed E-state index contributed by atoms with van der Waals surface area (Å²) in [6.45, 7) is 1.65. The van der Waals surface area contributed by atoms with E-state index in [2.05, 4.69) is 0 Å². The van der Waals surface area contributed by atoms with Crippen LogP contribution in [0, 0.1) is 11.8 Å². The molecule has 0 N–H and O–H groups in total. The molecule has 1 aromatic rings. The number of fused-ring (bicyclic) bond motifs is 2. The highest BCUT2D eigenvalue weighted by Gasteiger charge is 2.48. The Bertz CT molecular complexity index is 812. The van der Waals surface area contributed by atoms with Crippen LogP contribution < -0.4 is 4.90 Å². The number of hydrogen-bond acceptors (Lipinski definition) is 5. The highest BCUT2D eigenvalue weighted by atomic mass is 16.5. The third kappa shape index (κ3) is 3.19. The minimum Gasteiger partial charge on any atom is -0.451 e. The van der Waals surface area contributed by atoms with Gasteiger partial charge in [-0.2, -0.15) is 0 Å². The van der Waals surface area contributed by atoms with Gasteiger partial charge in [-0.25, -0.2) is 0 Å². The van der Waals surface area contributed by atoms with Gasteiger partial charge in [-0.15, -0.1) is 0 Å². The number of likely N-dealkylation sites (tertiary alicyclic amines) is 1. The van der Waals surface area contributed by atoms with Gasteiger partial charge in [0.25, 0.3) is 5.91 Å². The van der Waals surface area contributed by atoms with E-state index in [0.717, 1.165) is 35.4 Å². The van der Waals surface area contributed by atoms with Crippen LogP contribution in [-0.2, 0) is 30.3 Å². The van der Waals surface area contributed by atoms with Crippen LogP contribution in [0.5, 0.6) is 0 Å². The van der Waals surface area contributed by atoms with E-state index < -0.39 is 18.6 Å². The number of rotatable bonds is 4. The van der Waals surface area contributed by atoms with Gasteiger partial charge in [-0.1, -0.05) is 31.0 Å². The van der Waals surface area contributed by atoms with Gasteiger partial charge in [0.2, 0.25) is 11.8 Å². The Kier molecular flexibility index (Phi) is 4.91. The predicted molar refractivity (Wildman–Crippen MR) is 100 cm³/mol. The smallest absolute Gasteiger partial charge is 0.326 e. The molecule has 3 atom stereocenters. The zero-order valence-electron chi connectivity index (χ0n) is 15.9. The minimum absolute atomic E-state index is 0.279. The maximum atomic E-state index is 12.7. The molecule has 2 fully saturated rings. The molecular formula is C21H24N2O5.